The standard InChI is InChI=1S/C18H28FNO/c1-5-20-17(18(2,3)4)8-6-7-15-12-13-11-14(19)9-10-16(13)21-15/h9-11,15,17,20H,5-8,12H2,1-4H3. The number of hydrogen-bond acceptors (Lipinski definition) is 2. The van der Waals surface area contributed by atoms with E-state index in [2.05, 4.69) is 33.0 Å². The largest absolute Gasteiger partial charge is 0.490 e. The first-order chi connectivity index (χ1) is 9.90. The minimum Gasteiger partial charge on any atom is -0.490 e. The average molecular weight is 293 g/mol. The molecule has 2 atom stereocenters. The molecule has 21 heavy (non-hydrogen) atoms. The average Bonchev–Trinajstić information content (AvgIpc) is 2.78. The van der Waals surface area contributed by atoms with Crippen LogP contribution in [0.4, 0.5) is 4.39 Å². The molecule has 1 aliphatic heterocycles. The topological polar surface area (TPSA) is 21.3 Å². The second kappa shape index (κ2) is 6.78. The van der Waals surface area contributed by atoms with E-state index < -0.39 is 0 Å². The Kier molecular flexibility index (Phi) is 5.26. The van der Waals surface area contributed by atoms with Crippen molar-refractivity contribution in [1.29, 1.82) is 0 Å². The van der Waals surface area contributed by atoms with Crippen molar-refractivity contribution < 1.29 is 9.13 Å². The van der Waals surface area contributed by atoms with Crippen LogP contribution in [0, 0.1) is 11.2 Å². The van der Waals surface area contributed by atoms with Gasteiger partial charge >= 0.3 is 0 Å². The van der Waals surface area contributed by atoms with Crippen LogP contribution in [0.3, 0.4) is 0 Å². The molecule has 0 radical (unpaired) electrons. The predicted molar refractivity (Wildman–Crippen MR) is 85.3 cm³/mol. The fraction of sp³-hybridized carbons (Fsp3) is 0.667. The Morgan fingerprint density at radius 2 is 2.14 bits per heavy atom. The molecule has 2 unspecified atom stereocenters. The lowest BCUT2D eigenvalue weighted by Gasteiger charge is -2.31. The van der Waals surface area contributed by atoms with Gasteiger partial charge in [-0.1, -0.05) is 27.7 Å². The highest BCUT2D eigenvalue weighted by atomic mass is 19.1. The van der Waals surface area contributed by atoms with Gasteiger partial charge in [-0.15, -0.1) is 0 Å². The first-order valence-electron chi connectivity index (χ1n) is 8.08. The number of fused-ring (bicyclic) bond motifs is 1. The summed E-state index contributed by atoms with van der Waals surface area (Å²) in [5.74, 6) is 0.693. The molecule has 1 aliphatic rings. The first kappa shape index (κ1) is 16.3. The highest BCUT2D eigenvalue weighted by molar-refractivity contribution is 5.37. The Morgan fingerprint density at radius 3 is 2.81 bits per heavy atom. The molecule has 2 rings (SSSR count). The fourth-order valence-electron chi connectivity index (χ4n) is 3.09. The summed E-state index contributed by atoms with van der Waals surface area (Å²) in [4.78, 5) is 0. The van der Waals surface area contributed by atoms with Crippen LogP contribution in [-0.2, 0) is 6.42 Å². The zero-order valence-electron chi connectivity index (χ0n) is 13.7. The maximum absolute atomic E-state index is 13.2. The molecular formula is C18H28FNO. The third-order valence-electron chi connectivity index (χ3n) is 4.28. The van der Waals surface area contributed by atoms with E-state index in [1.165, 1.54) is 6.07 Å². The number of nitrogens with one attached hydrogen (secondary N) is 1. The van der Waals surface area contributed by atoms with Gasteiger partial charge in [0.2, 0.25) is 0 Å². The molecule has 1 heterocycles. The third-order valence-corrected chi connectivity index (χ3v) is 4.28. The maximum Gasteiger partial charge on any atom is 0.123 e. The van der Waals surface area contributed by atoms with Gasteiger partial charge in [0.05, 0.1) is 0 Å². The summed E-state index contributed by atoms with van der Waals surface area (Å²) in [5.41, 5.74) is 1.29. The van der Waals surface area contributed by atoms with Gasteiger partial charge in [0.15, 0.2) is 0 Å². The van der Waals surface area contributed by atoms with Crippen molar-refractivity contribution in [3.63, 3.8) is 0 Å². The Labute approximate surface area is 128 Å². The smallest absolute Gasteiger partial charge is 0.123 e. The SMILES string of the molecule is CCNC(CCCC1Cc2cc(F)ccc2O1)C(C)(C)C. The van der Waals surface area contributed by atoms with E-state index in [0.717, 1.165) is 43.5 Å². The van der Waals surface area contributed by atoms with Crippen molar-refractivity contribution in [2.24, 2.45) is 5.41 Å². The molecule has 0 amide bonds. The molecule has 0 saturated heterocycles. The second-order valence-electron chi connectivity index (χ2n) is 7.10. The van der Waals surface area contributed by atoms with E-state index in [9.17, 15) is 4.39 Å². The second-order valence-corrected chi connectivity index (χ2v) is 7.10. The maximum atomic E-state index is 13.2. The third kappa shape index (κ3) is 4.44. The predicted octanol–water partition coefficient (Wildman–Crippen LogP) is 4.32. The van der Waals surface area contributed by atoms with E-state index in [1.54, 1.807) is 12.1 Å². The summed E-state index contributed by atoms with van der Waals surface area (Å²) in [6.45, 7) is 10.0. The first-order valence-corrected chi connectivity index (χ1v) is 8.08. The molecule has 0 fully saturated rings. The summed E-state index contributed by atoms with van der Waals surface area (Å²) in [5, 5.41) is 3.58. The lowest BCUT2D eigenvalue weighted by molar-refractivity contribution is 0.201. The van der Waals surface area contributed by atoms with Crippen molar-refractivity contribution in [3.8, 4) is 5.75 Å². The molecule has 1 aromatic rings. The minimum absolute atomic E-state index is 0.169. The van der Waals surface area contributed by atoms with Gasteiger partial charge in [-0.25, -0.2) is 4.39 Å². The van der Waals surface area contributed by atoms with Crippen molar-refractivity contribution in [2.75, 3.05) is 6.54 Å². The van der Waals surface area contributed by atoms with Crippen LogP contribution < -0.4 is 10.1 Å². The number of hydrogen-bond donors (Lipinski definition) is 1. The van der Waals surface area contributed by atoms with Crippen LogP contribution >= 0.6 is 0 Å². The highest BCUT2D eigenvalue weighted by Gasteiger charge is 2.26. The Hall–Kier alpha value is -1.09. The molecule has 2 nitrogen and oxygen atoms in total. The Morgan fingerprint density at radius 1 is 1.38 bits per heavy atom. The van der Waals surface area contributed by atoms with Crippen molar-refractivity contribution in [2.45, 2.75) is 65.5 Å². The van der Waals surface area contributed by atoms with Crippen LogP contribution in [-0.4, -0.2) is 18.7 Å². The summed E-state index contributed by atoms with van der Waals surface area (Å²) in [6, 6.07) is 5.36. The van der Waals surface area contributed by atoms with Crippen LogP contribution in [0.15, 0.2) is 18.2 Å². The molecule has 3 heteroatoms. The van der Waals surface area contributed by atoms with Gasteiger partial charge in [-0.3, -0.25) is 0 Å². The van der Waals surface area contributed by atoms with Crippen LogP contribution in [0.1, 0.15) is 52.5 Å². The van der Waals surface area contributed by atoms with E-state index in [1.807, 2.05) is 0 Å². The molecule has 0 bridgehead atoms. The quantitative estimate of drug-likeness (QED) is 0.843. The molecule has 0 saturated carbocycles. The van der Waals surface area contributed by atoms with Crippen LogP contribution in [0.25, 0.3) is 0 Å². The van der Waals surface area contributed by atoms with Crippen LogP contribution in [0.2, 0.25) is 0 Å². The Bertz CT molecular complexity index is 467. The van der Waals surface area contributed by atoms with E-state index in [4.69, 9.17) is 4.74 Å². The number of rotatable bonds is 6. The van der Waals surface area contributed by atoms with Gasteiger partial charge < -0.3 is 10.1 Å². The monoisotopic (exact) mass is 293 g/mol. The molecule has 1 aromatic carbocycles. The fourth-order valence-corrected chi connectivity index (χ4v) is 3.09. The number of benzene rings is 1. The minimum atomic E-state index is -0.169. The summed E-state index contributed by atoms with van der Waals surface area (Å²) < 4.78 is 19.1. The zero-order chi connectivity index (χ0) is 15.5. The molecular weight excluding hydrogens is 265 g/mol. The summed E-state index contributed by atoms with van der Waals surface area (Å²) in [6.07, 6.45) is 4.38. The molecule has 0 aliphatic carbocycles. The van der Waals surface area contributed by atoms with Crippen molar-refractivity contribution >= 4 is 0 Å². The lowest BCUT2D eigenvalue weighted by atomic mass is 9.83. The zero-order valence-corrected chi connectivity index (χ0v) is 13.7. The number of ether oxygens (including phenoxy) is 1. The van der Waals surface area contributed by atoms with Gasteiger partial charge in [-0.05, 0) is 49.4 Å². The summed E-state index contributed by atoms with van der Waals surface area (Å²) in [7, 11) is 0. The molecule has 1 N–H and O–H groups in total. The van der Waals surface area contributed by atoms with E-state index >= 15 is 0 Å². The molecule has 0 spiro atoms. The van der Waals surface area contributed by atoms with Crippen LogP contribution in [0.5, 0.6) is 5.75 Å². The molecule has 118 valence electrons. The normalized spacial score (nSPS) is 19.2. The van der Waals surface area contributed by atoms with Crippen molar-refractivity contribution in [3.05, 3.63) is 29.6 Å². The van der Waals surface area contributed by atoms with Gasteiger partial charge in [0.25, 0.3) is 0 Å². The van der Waals surface area contributed by atoms with E-state index in [0.29, 0.717) is 6.04 Å². The van der Waals surface area contributed by atoms with Gasteiger partial charge in [0, 0.05) is 18.0 Å². The van der Waals surface area contributed by atoms with E-state index in [-0.39, 0.29) is 17.3 Å². The lowest BCUT2D eigenvalue weighted by Crippen LogP contribution is -2.40. The highest BCUT2D eigenvalue weighted by Crippen LogP contribution is 2.32. The number of halogens is 1. The van der Waals surface area contributed by atoms with Gasteiger partial charge in [0.1, 0.15) is 17.7 Å². The molecule has 0 aromatic heterocycles. The summed E-state index contributed by atoms with van der Waals surface area (Å²) >= 11 is 0. The Balaban J connectivity index is 1.80. The van der Waals surface area contributed by atoms with Crippen molar-refractivity contribution in [1.82, 2.24) is 5.32 Å². The van der Waals surface area contributed by atoms with Gasteiger partial charge in [-0.2, -0.15) is 0 Å².